The highest BCUT2D eigenvalue weighted by Crippen LogP contribution is 2.23. The van der Waals surface area contributed by atoms with Crippen LogP contribution in [-0.4, -0.2) is 63.2 Å². The first-order valence-electron chi connectivity index (χ1n) is 11.2. The van der Waals surface area contributed by atoms with Crippen molar-refractivity contribution in [2.45, 2.75) is 46.1 Å². The van der Waals surface area contributed by atoms with Crippen molar-refractivity contribution in [1.82, 2.24) is 24.6 Å². The molecule has 6 nitrogen and oxygen atoms in total. The van der Waals surface area contributed by atoms with Gasteiger partial charge in [0.2, 0.25) is 5.91 Å². The number of carbonyl (C=O) groups excluding carboxylic acids is 1. The Labute approximate surface area is 184 Å². The highest BCUT2D eigenvalue weighted by atomic mass is 32.1. The monoisotopic (exact) mass is 427 g/mol. The van der Waals surface area contributed by atoms with Crippen molar-refractivity contribution in [3.63, 3.8) is 0 Å². The second-order valence-electron chi connectivity index (χ2n) is 9.14. The molecule has 7 heteroatoms. The molecular formula is C23H33N5OS. The Balaban J connectivity index is 1.40. The van der Waals surface area contributed by atoms with E-state index in [2.05, 4.69) is 41.1 Å². The fourth-order valence-corrected chi connectivity index (χ4v) is 4.87. The van der Waals surface area contributed by atoms with Gasteiger partial charge < -0.3 is 9.80 Å². The van der Waals surface area contributed by atoms with Gasteiger partial charge in [-0.25, -0.2) is 0 Å². The van der Waals surface area contributed by atoms with Crippen LogP contribution in [0.2, 0.25) is 0 Å². The van der Waals surface area contributed by atoms with E-state index in [1.807, 2.05) is 21.6 Å². The summed E-state index contributed by atoms with van der Waals surface area (Å²) in [6.07, 6.45) is 4.91. The van der Waals surface area contributed by atoms with Gasteiger partial charge in [0, 0.05) is 25.2 Å². The van der Waals surface area contributed by atoms with Gasteiger partial charge in [-0.2, -0.15) is 5.10 Å². The molecule has 3 heterocycles. The zero-order valence-corrected chi connectivity index (χ0v) is 19.0. The van der Waals surface area contributed by atoms with E-state index in [0.29, 0.717) is 10.7 Å². The molecule has 0 spiro atoms. The van der Waals surface area contributed by atoms with Crippen LogP contribution in [0.4, 0.5) is 0 Å². The molecule has 1 aromatic heterocycles. The summed E-state index contributed by atoms with van der Waals surface area (Å²) in [5.74, 6) is 2.29. The third-order valence-electron chi connectivity index (χ3n) is 6.63. The SMILES string of the molecule is Cc1ccc(-c2n[nH]c(=S)n2CC(=O)N2CCCC(CN3CCC(C)CC3)C2)cc1. The third-order valence-corrected chi connectivity index (χ3v) is 6.94. The molecule has 0 radical (unpaired) electrons. The molecule has 2 fully saturated rings. The minimum Gasteiger partial charge on any atom is -0.341 e. The molecule has 0 saturated carbocycles. The Morgan fingerprint density at radius 2 is 1.90 bits per heavy atom. The predicted molar refractivity (Wildman–Crippen MR) is 122 cm³/mol. The van der Waals surface area contributed by atoms with Gasteiger partial charge in [0.1, 0.15) is 6.54 Å². The fourth-order valence-electron chi connectivity index (χ4n) is 4.67. The number of aromatic nitrogens is 3. The maximum absolute atomic E-state index is 13.1. The molecule has 2 aromatic rings. The average Bonchev–Trinajstić information content (AvgIpc) is 3.11. The highest BCUT2D eigenvalue weighted by Gasteiger charge is 2.27. The molecule has 2 aliphatic rings. The lowest BCUT2D eigenvalue weighted by atomic mass is 9.94. The molecule has 2 aliphatic heterocycles. The maximum atomic E-state index is 13.1. The molecule has 0 aliphatic carbocycles. The number of hydrogen-bond donors (Lipinski definition) is 1. The average molecular weight is 428 g/mol. The second-order valence-corrected chi connectivity index (χ2v) is 9.52. The summed E-state index contributed by atoms with van der Waals surface area (Å²) in [5, 5.41) is 7.24. The molecule has 1 N–H and O–H groups in total. The second kappa shape index (κ2) is 9.43. The van der Waals surface area contributed by atoms with Crippen molar-refractivity contribution < 1.29 is 4.79 Å². The Bertz CT molecular complexity index is 910. The fraction of sp³-hybridized carbons (Fsp3) is 0.609. The van der Waals surface area contributed by atoms with Crippen molar-refractivity contribution in [1.29, 1.82) is 0 Å². The van der Waals surface area contributed by atoms with Gasteiger partial charge in [-0.05, 0) is 69.8 Å². The third kappa shape index (κ3) is 5.01. The summed E-state index contributed by atoms with van der Waals surface area (Å²) in [6, 6.07) is 8.15. The van der Waals surface area contributed by atoms with Crippen LogP contribution in [0.3, 0.4) is 0 Å². The minimum absolute atomic E-state index is 0.137. The summed E-state index contributed by atoms with van der Waals surface area (Å²) in [6.45, 7) is 9.88. The minimum atomic E-state index is 0.137. The lowest BCUT2D eigenvalue weighted by Gasteiger charge is -2.38. The molecule has 2 saturated heterocycles. The van der Waals surface area contributed by atoms with Gasteiger partial charge in [0.25, 0.3) is 0 Å². The number of rotatable bonds is 5. The number of H-pyrrole nitrogens is 1. The summed E-state index contributed by atoms with van der Waals surface area (Å²) in [4.78, 5) is 17.8. The molecular weight excluding hydrogens is 394 g/mol. The van der Waals surface area contributed by atoms with Crippen LogP contribution in [0.5, 0.6) is 0 Å². The normalized spacial score (nSPS) is 21.1. The van der Waals surface area contributed by atoms with Gasteiger partial charge in [-0.3, -0.25) is 14.5 Å². The number of amides is 1. The summed E-state index contributed by atoms with van der Waals surface area (Å²) >= 11 is 5.43. The van der Waals surface area contributed by atoms with Crippen molar-refractivity contribution in [2.75, 3.05) is 32.7 Å². The van der Waals surface area contributed by atoms with E-state index in [-0.39, 0.29) is 12.5 Å². The molecule has 1 aromatic carbocycles. The maximum Gasteiger partial charge on any atom is 0.242 e. The van der Waals surface area contributed by atoms with Crippen LogP contribution in [0.15, 0.2) is 24.3 Å². The number of likely N-dealkylation sites (tertiary alicyclic amines) is 2. The highest BCUT2D eigenvalue weighted by molar-refractivity contribution is 7.71. The first-order chi connectivity index (χ1) is 14.5. The molecule has 30 heavy (non-hydrogen) atoms. The number of nitrogens with one attached hydrogen (secondary N) is 1. The zero-order valence-electron chi connectivity index (χ0n) is 18.1. The van der Waals surface area contributed by atoms with Gasteiger partial charge in [-0.15, -0.1) is 0 Å². The molecule has 0 bridgehead atoms. The number of nitrogens with zero attached hydrogens (tertiary/aromatic N) is 4. The van der Waals surface area contributed by atoms with E-state index in [0.717, 1.165) is 43.4 Å². The number of aromatic amines is 1. The number of aryl methyl sites for hydroxylation is 1. The number of piperidine rings is 2. The van der Waals surface area contributed by atoms with Crippen LogP contribution < -0.4 is 0 Å². The lowest BCUT2D eigenvalue weighted by Crippen LogP contribution is -2.46. The molecule has 1 amide bonds. The van der Waals surface area contributed by atoms with Crippen molar-refractivity contribution in [3.8, 4) is 11.4 Å². The first-order valence-corrected chi connectivity index (χ1v) is 11.6. The van der Waals surface area contributed by atoms with Crippen LogP contribution in [0.25, 0.3) is 11.4 Å². The van der Waals surface area contributed by atoms with E-state index in [1.165, 1.54) is 37.9 Å². The number of benzene rings is 1. The van der Waals surface area contributed by atoms with E-state index in [9.17, 15) is 4.79 Å². The van der Waals surface area contributed by atoms with Crippen molar-refractivity contribution >= 4 is 18.1 Å². The van der Waals surface area contributed by atoms with Crippen LogP contribution in [0.1, 0.15) is 38.2 Å². The van der Waals surface area contributed by atoms with Gasteiger partial charge in [0.05, 0.1) is 0 Å². The zero-order chi connectivity index (χ0) is 21.1. The summed E-state index contributed by atoms with van der Waals surface area (Å²) in [5.41, 5.74) is 2.16. The smallest absolute Gasteiger partial charge is 0.242 e. The van der Waals surface area contributed by atoms with E-state index in [1.54, 1.807) is 0 Å². The van der Waals surface area contributed by atoms with E-state index in [4.69, 9.17) is 12.2 Å². The standard InChI is InChI=1S/C23H33N5OS/c1-17-5-7-20(8-6-17)22-24-25-23(30)28(22)16-21(29)27-11-3-4-19(15-27)14-26-12-9-18(2)10-13-26/h5-8,18-19H,3-4,9-16H2,1-2H3,(H,25,30). The molecule has 4 rings (SSSR count). The predicted octanol–water partition coefficient (Wildman–Crippen LogP) is 3.89. The Morgan fingerprint density at radius 3 is 2.63 bits per heavy atom. The van der Waals surface area contributed by atoms with Gasteiger partial charge in [-0.1, -0.05) is 36.8 Å². The van der Waals surface area contributed by atoms with Crippen molar-refractivity contribution in [2.24, 2.45) is 11.8 Å². The van der Waals surface area contributed by atoms with E-state index < -0.39 is 0 Å². The summed E-state index contributed by atoms with van der Waals surface area (Å²) in [7, 11) is 0. The number of carbonyl (C=O) groups is 1. The molecule has 162 valence electrons. The van der Waals surface area contributed by atoms with Crippen LogP contribution in [0, 0.1) is 23.5 Å². The summed E-state index contributed by atoms with van der Waals surface area (Å²) < 4.78 is 2.33. The van der Waals surface area contributed by atoms with E-state index >= 15 is 0 Å². The Hall–Kier alpha value is -1.99. The van der Waals surface area contributed by atoms with Crippen LogP contribution in [-0.2, 0) is 11.3 Å². The Kier molecular flexibility index (Phi) is 6.68. The number of hydrogen-bond acceptors (Lipinski definition) is 4. The molecule has 1 atom stereocenters. The van der Waals surface area contributed by atoms with Crippen LogP contribution >= 0.6 is 12.2 Å². The quantitative estimate of drug-likeness (QED) is 0.736. The van der Waals surface area contributed by atoms with Gasteiger partial charge in [0.15, 0.2) is 10.6 Å². The van der Waals surface area contributed by atoms with Crippen molar-refractivity contribution in [3.05, 3.63) is 34.6 Å². The largest absolute Gasteiger partial charge is 0.341 e. The van der Waals surface area contributed by atoms with Gasteiger partial charge >= 0.3 is 0 Å². The Morgan fingerprint density at radius 1 is 1.17 bits per heavy atom. The lowest BCUT2D eigenvalue weighted by molar-refractivity contribution is -0.133. The first kappa shape index (κ1) is 21.2. The molecule has 1 unspecified atom stereocenters. The topological polar surface area (TPSA) is 57.2 Å².